The molecule has 170 valence electrons. The fourth-order valence-corrected chi connectivity index (χ4v) is 6.11. The number of halogens is 4. The van der Waals surface area contributed by atoms with E-state index in [1.807, 2.05) is 4.90 Å². The molecule has 1 aromatic heterocycles. The second kappa shape index (κ2) is 9.33. The number of thiophene rings is 1. The van der Waals surface area contributed by atoms with E-state index in [1.54, 1.807) is 6.92 Å². The number of piperazine rings is 1. The summed E-state index contributed by atoms with van der Waals surface area (Å²) in [5, 5.41) is 2.64. The maximum Gasteiger partial charge on any atom is 0.573 e. The molecule has 1 fully saturated rings. The largest absolute Gasteiger partial charge is 0.573 e. The Morgan fingerprint density at radius 2 is 1.74 bits per heavy atom. The highest BCUT2D eigenvalue weighted by Crippen LogP contribution is 2.29. The third-order valence-electron chi connectivity index (χ3n) is 4.70. The minimum absolute atomic E-state index is 0.176. The minimum atomic E-state index is -4.79. The number of rotatable bonds is 6. The average Bonchev–Trinajstić information content (AvgIpc) is 3.15. The molecule has 1 unspecified atom stereocenters. The summed E-state index contributed by atoms with van der Waals surface area (Å²) in [5.74, 6) is -0.742. The number of carbonyl (C=O) groups excluding carboxylic acids is 1. The number of amides is 1. The minimum Gasteiger partial charge on any atom is -0.406 e. The fraction of sp³-hybridized carbons (Fsp3) is 0.389. The van der Waals surface area contributed by atoms with Gasteiger partial charge in [0.2, 0.25) is 5.91 Å². The van der Waals surface area contributed by atoms with Crippen LogP contribution in [0.3, 0.4) is 0 Å². The van der Waals surface area contributed by atoms with Gasteiger partial charge in [0.1, 0.15) is 9.96 Å². The lowest BCUT2D eigenvalue weighted by atomic mass is 10.2. The van der Waals surface area contributed by atoms with Gasteiger partial charge in [-0.05, 0) is 43.3 Å². The molecule has 0 aliphatic carbocycles. The van der Waals surface area contributed by atoms with Crippen LogP contribution in [-0.2, 0) is 14.8 Å². The predicted octanol–water partition coefficient (Wildman–Crippen LogP) is 3.63. The summed E-state index contributed by atoms with van der Waals surface area (Å²) in [6.07, 6.45) is -4.79. The Morgan fingerprint density at radius 1 is 1.13 bits per heavy atom. The van der Waals surface area contributed by atoms with E-state index in [4.69, 9.17) is 11.6 Å². The second-order valence-corrected chi connectivity index (χ2v) is 10.6. The average molecular weight is 498 g/mol. The molecular weight excluding hydrogens is 479 g/mol. The van der Waals surface area contributed by atoms with Crippen LogP contribution in [-0.4, -0.2) is 62.1 Å². The van der Waals surface area contributed by atoms with Crippen LogP contribution in [0.2, 0.25) is 4.34 Å². The number of anilines is 1. The molecular formula is C18H19ClF3N3O4S2. The quantitative estimate of drug-likeness (QED) is 0.659. The van der Waals surface area contributed by atoms with Crippen LogP contribution >= 0.6 is 22.9 Å². The SMILES string of the molecule is CC(C(=O)Nc1ccc(OC(F)(F)F)cc1)N1CCN(S(=O)(=O)c2ccc(Cl)s2)CC1. The van der Waals surface area contributed by atoms with Crippen molar-refractivity contribution in [1.29, 1.82) is 0 Å². The monoisotopic (exact) mass is 497 g/mol. The molecule has 7 nitrogen and oxygen atoms in total. The topological polar surface area (TPSA) is 79.0 Å². The number of alkyl halides is 3. The molecule has 1 saturated heterocycles. The maximum absolute atomic E-state index is 12.7. The normalized spacial score (nSPS) is 17.3. The first kappa shape index (κ1) is 23.8. The van der Waals surface area contributed by atoms with E-state index in [1.165, 1.54) is 28.6 Å². The van der Waals surface area contributed by atoms with Gasteiger partial charge in [0.05, 0.1) is 10.4 Å². The molecule has 2 aromatic rings. The van der Waals surface area contributed by atoms with Gasteiger partial charge in [-0.1, -0.05) is 11.6 Å². The Kier molecular flexibility index (Phi) is 7.16. The van der Waals surface area contributed by atoms with Gasteiger partial charge in [-0.15, -0.1) is 24.5 Å². The van der Waals surface area contributed by atoms with Gasteiger partial charge in [0.25, 0.3) is 10.0 Å². The number of nitrogens with zero attached hydrogens (tertiary/aromatic N) is 2. The summed E-state index contributed by atoms with van der Waals surface area (Å²) in [6, 6.07) is 7.26. The van der Waals surface area contributed by atoms with Crippen LogP contribution in [0.5, 0.6) is 5.75 Å². The summed E-state index contributed by atoms with van der Waals surface area (Å²) >= 11 is 6.83. The molecule has 1 aliphatic rings. The van der Waals surface area contributed by atoms with E-state index in [2.05, 4.69) is 10.1 Å². The Labute approximate surface area is 186 Å². The molecule has 0 bridgehead atoms. The zero-order chi connectivity index (χ0) is 22.8. The zero-order valence-electron chi connectivity index (χ0n) is 16.2. The summed E-state index contributed by atoms with van der Waals surface area (Å²) in [4.78, 5) is 14.4. The van der Waals surface area contributed by atoms with Crippen molar-refractivity contribution in [2.45, 2.75) is 23.5 Å². The van der Waals surface area contributed by atoms with Gasteiger partial charge in [-0.2, -0.15) is 4.31 Å². The lowest BCUT2D eigenvalue weighted by molar-refractivity contribution is -0.274. The lowest BCUT2D eigenvalue weighted by Gasteiger charge is -2.36. The van der Waals surface area contributed by atoms with Crippen molar-refractivity contribution >= 4 is 44.6 Å². The first-order chi connectivity index (χ1) is 14.5. The number of hydrogen-bond acceptors (Lipinski definition) is 6. The maximum atomic E-state index is 12.7. The van der Waals surface area contributed by atoms with Gasteiger partial charge in [-0.3, -0.25) is 9.69 Å². The molecule has 31 heavy (non-hydrogen) atoms. The summed E-state index contributed by atoms with van der Waals surface area (Å²) in [7, 11) is -3.63. The molecule has 1 atom stereocenters. The molecule has 0 radical (unpaired) electrons. The molecule has 0 spiro atoms. The van der Waals surface area contributed by atoms with Crippen molar-refractivity contribution in [2.24, 2.45) is 0 Å². The second-order valence-electron chi connectivity index (χ2n) is 6.74. The van der Waals surface area contributed by atoms with E-state index in [0.29, 0.717) is 23.1 Å². The number of ether oxygens (including phenoxy) is 1. The van der Waals surface area contributed by atoms with Crippen molar-refractivity contribution in [1.82, 2.24) is 9.21 Å². The predicted molar refractivity (Wildman–Crippen MR) is 111 cm³/mol. The molecule has 3 rings (SSSR count). The number of hydrogen-bond donors (Lipinski definition) is 1. The fourth-order valence-electron chi connectivity index (χ4n) is 3.05. The summed E-state index contributed by atoms with van der Waals surface area (Å²) in [6.45, 7) is 2.83. The molecule has 0 saturated carbocycles. The summed E-state index contributed by atoms with van der Waals surface area (Å²) in [5.41, 5.74) is 0.321. The van der Waals surface area contributed by atoms with Crippen LogP contribution in [0.1, 0.15) is 6.92 Å². The van der Waals surface area contributed by atoms with E-state index in [0.717, 1.165) is 23.5 Å². The zero-order valence-corrected chi connectivity index (χ0v) is 18.6. The van der Waals surface area contributed by atoms with Gasteiger partial charge >= 0.3 is 6.36 Å². The van der Waals surface area contributed by atoms with Crippen LogP contribution in [0.4, 0.5) is 18.9 Å². The van der Waals surface area contributed by atoms with Gasteiger partial charge < -0.3 is 10.1 Å². The smallest absolute Gasteiger partial charge is 0.406 e. The van der Waals surface area contributed by atoms with E-state index in [-0.39, 0.29) is 29.0 Å². The standard InChI is InChI=1S/C18H19ClF3N3O4S2/c1-12(17(26)23-13-2-4-14(5-3-13)29-18(20,21)22)24-8-10-25(11-9-24)31(27,28)16-7-6-15(19)30-16/h2-7,12H,8-11H2,1H3,(H,23,26). The Hall–Kier alpha value is -1.86. The molecule has 2 heterocycles. The lowest BCUT2D eigenvalue weighted by Crippen LogP contribution is -2.53. The Balaban J connectivity index is 1.54. The van der Waals surface area contributed by atoms with Gasteiger partial charge in [0, 0.05) is 31.9 Å². The van der Waals surface area contributed by atoms with Crippen molar-refractivity contribution in [3.05, 3.63) is 40.7 Å². The third-order valence-corrected chi connectivity index (χ3v) is 8.30. The number of sulfonamides is 1. The highest BCUT2D eigenvalue weighted by Gasteiger charge is 2.33. The van der Waals surface area contributed by atoms with Crippen LogP contribution in [0.15, 0.2) is 40.6 Å². The number of benzene rings is 1. The van der Waals surface area contributed by atoms with E-state index in [9.17, 15) is 26.4 Å². The van der Waals surface area contributed by atoms with Gasteiger partial charge in [0.15, 0.2) is 0 Å². The molecule has 13 heteroatoms. The molecule has 1 N–H and O–H groups in total. The highest BCUT2D eigenvalue weighted by molar-refractivity contribution is 7.91. The van der Waals surface area contributed by atoms with Crippen molar-refractivity contribution in [3.8, 4) is 5.75 Å². The van der Waals surface area contributed by atoms with Crippen molar-refractivity contribution in [3.63, 3.8) is 0 Å². The number of carbonyl (C=O) groups is 1. The first-order valence-electron chi connectivity index (χ1n) is 9.12. The van der Waals surface area contributed by atoms with Crippen LogP contribution in [0.25, 0.3) is 0 Å². The van der Waals surface area contributed by atoms with Crippen LogP contribution < -0.4 is 10.1 Å². The highest BCUT2D eigenvalue weighted by atomic mass is 35.5. The summed E-state index contributed by atoms with van der Waals surface area (Å²) < 4.78 is 67.7. The van der Waals surface area contributed by atoms with Crippen LogP contribution in [0, 0.1) is 0 Å². The van der Waals surface area contributed by atoms with E-state index >= 15 is 0 Å². The molecule has 1 aliphatic heterocycles. The Bertz CT molecular complexity index is 1020. The molecule has 1 aromatic carbocycles. The van der Waals surface area contributed by atoms with Gasteiger partial charge in [-0.25, -0.2) is 8.42 Å². The Morgan fingerprint density at radius 3 is 2.26 bits per heavy atom. The third kappa shape index (κ3) is 6.10. The number of nitrogens with one attached hydrogen (secondary N) is 1. The van der Waals surface area contributed by atoms with Crippen molar-refractivity contribution in [2.75, 3.05) is 31.5 Å². The van der Waals surface area contributed by atoms with Crippen molar-refractivity contribution < 1.29 is 31.1 Å². The van der Waals surface area contributed by atoms with E-state index < -0.39 is 22.4 Å². The first-order valence-corrected chi connectivity index (χ1v) is 11.8. The molecule has 1 amide bonds.